The van der Waals surface area contributed by atoms with Crippen LogP contribution in [0.3, 0.4) is 0 Å². The predicted molar refractivity (Wildman–Crippen MR) is 107 cm³/mol. The molecular formula is C22H24N4O. The highest BCUT2D eigenvalue weighted by Gasteiger charge is 2.22. The van der Waals surface area contributed by atoms with E-state index in [4.69, 9.17) is 0 Å². The molecule has 4 rings (SSSR count). The number of carbonyl (C=O) groups is 1. The normalized spacial score (nSPS) is 17.1. The standard InChI is InChI=1S/C22H24N4O/c1-16-14-26(12-11-23-16)22(27)19-10-6-9-18(13-19)20-15-25(2)24-21(20)17-7-4-3-5-8-17/h3-10,13,15-16,23H,11-12,14H2,1-2H3/t16-/m1/s1. The Labute approximate surface area is 159 Å². The largest absolute Gasteiger partial charge is 0.336 e. The molecule has 1 aliphatic heterocycles. The molecule has 1 aliphatic rings. The molecule has 0 spiro atoms. The summed E-state index contributed by atoms with van der Waals surface area (Å²) in [4.78, 5) is 14.9. The van der Waals surface area contributed by atoms with Gasteiger partial charge in [-0.1, -0.05) is 42.5 Å². The Hall–Kier alpha value is -2.92. The molecule has 1 fully saturated rings. The third-order valence-electron chi connectivity index (χ3n) is 4.95. The number of aryl methyl sites for hydroxylation is 1. The van der Waals surface area contributed by atoms with Crippen LogP contribution in [0.2, 0.25) is 0 Å². The van der Waals surface area contributed by atoms with Crippen molar-refractivity contribution in [1.29, 1.82) is 0 Å². The van der Waals surface area contributed by atoms with E-state index in [1.54, 1.807) is 0 Å². The summed E-state index contributed by atoms with van der Waals surface area (Å²) in [5.41, 5.74) is 4.77. The first-order valence-electron chi connectivity index (χ1n) is 9.34. The number of benzene rings is 2. The maximum Gasteiger partial charge on any atom is 0.253 e. The second-order valence-corrected chi connectivity index (χ2v) is 7.12. The van der Waals surface area contributed by atoms with Gasteiger partial charge in [-0.2, -0.15) is 5.10 Å². The molecule has 0 unspecified atom stereocenters. The van der Waals surface area contributed by atoms with Gasteiger partial charge in [0.15, 0.2) is 0 Å². The Balaban J connectivity index is 1.69. The number of amides is 1. The summed E-state index contributed by atoms with van der Waals surface area (Å²) in [5.74, 6) is 0.0929. The number of nitrogens with one attached hydrogen (secondary N) is 1. The SMILES string of the molecule is C[C@@H]1CN(C(=O)c2cccc(-c3cn(C)nc3-c3ccccc3)c2)CCN1. The Morgan fingerprint density at radius 2 is 1.89 bits per heavy atom. The van der Waals surface area contributed by atoms with Gasteiger partial charge in [0, 0.05) is 55.6 Å². The smallest absolute Gasteiger partial charge is 0.253 e. The molecule has 1 amide bonds. The van der Waals surface area contributed by atoms with Crippen LogP contribution in [0.1, 0.15) is 17.3 Å². The van der Waals surface area contributed by atoms with Crippen molar-refractivity contribution < 1.29 is 4.79 Å². The Bertz CT molecular complexity index is 948. The van der Waals surface area contributed by atoms with E-state index in [0.29, 0.717) is 6.04 Å². The zero-order valence-corrected chi connectivity index (χ0v) is 15.7. The lowest BCUT2D eigenvalue weighted by Gasteiger charge is -2.32. The second kappa shape index (κ2) is 7.37. The zero-order chi connectivity index (χ0) is 18.8. The van der Waals surface area contributed by atoms with E-state index in [2.05, 4.69) is 29.5 Å². The van der Waals surface area contributed by atoms with E-state index in [1.165, 1.54) is 0 Å². The van der Waals surface area contributed by atoms with Gasteiger partial charge in [-0.25, -0.2) is 0 Å². The molecule has 1 N–H and O–H groups in total. The molecule has 138 valence electrons. The highest BCUT2D eigenvalue weighted by molar-refractivity contribution is 5.96. The van der Waals surface area contributed by atoms with Crippen LogP contribution in [-0.2, 0) is 7.05 Å². The van der Waals surface area contributed by atoms with Crippen LogP contribution in [0.5, 0.6) is 0 Å². The van der Waals surface area contributed by atoms with Crippen molar-refractivity contribution in [2.24, 2.45) is 7.05 Å². The summed E-state index contributed by atoms with van der Waals surface area (Å²) >= 11 is 0. The fourth-order valence-corrected chi connectivity index (χ4v) is 3.63. The van der Waals surface area contributed by atoms with Gasteiger partial charge in [-0.05, 0) is 24.6 Å². The highest BCUT2D eigenvalue weighted by atomic mass is 16.2. The van der Waals surface area contributed by atoms with Gasteiger partial charge in [0.25, 0.3) is 5.91 Å². The maximum absolute atomic E-state index is 13.0. The van der Waals surface area contributed by atoms with Crippen molar-refractivity contribution in [3.63, 3.8) is 0 Å². The Kier molecular flexibility index (Phi) is 4.77. The summed E-state index contributed by atoms with van der Waals surface area (Å²) in [5, 5.41) is 8.02. The van der Waals surface area contributed by atoms with Crippen molar-refractivity contribution in [2.45, 2.75) is 13.0 Å². The lowest BCUT2D eigenvalue weighted by Crippen LogP contribution is -2.51. The van der Waals surface area contributed by atoms with Gasteiger partial charge < -0.3 is 10.2 Å². The van der Waals surface area contributed by atoms with Gasteiger partial charge in [-0.3, -0.25) is 9.48 Å². The number of piperazine rings is 1. The topological polar surface area (TPSA) is 50.2 Å². The third-order valence-corrected chi connectivity index (χ3v) is 4.95. The summed E-state index contributed by atoms with van der Waals surface area (Å²) in [7, 11) is 1.92. The molecule has 5 nitrogen and oxygen atoms in total. The number of hydrogen-bond acceptors (Lipinski definition) is 3. The summed E-state index contributed by atoms with van der Waals surface area (Å²) in [6.45, 7) is 4.44. The molecule has 0 saturated carbocycles. The summed E-state index contributed by atoms with van der Waals surface area (Å²) < 4.78 is 1.82. The fraction of sp³-hybridized carbons (Fsp3) is 0.273. The summed E-state index contributed by atoms with van der Waals surface area (Å²) in [6, 6.07) is 18.4. The van der Waals surface area contributed by atoms with Crippen molar-refractivity contribution >= 4 is 5.91 Å². The van der Waals surface area contributed by atoms with Gasteiger partial charge in [0.05, 0.1) is 0 Å². The molecule has 1 atom stereocenters. The summed E-state index contributed by atoms with van der Waals surface area (Å²) in [6.07, 6.45) is 2.01. The van der Waals surface area contributed by atoms with Crippen LogP contribution >= 0.6 is 0 Å². The van der Waals surface area contributed by atoms with Crippen LogP contribution in [0.15, 0.2) is 60.8 Å². The van der Waals surface area contributed by atoms with Gasteiger partial charge >= 0.3 is 0 Å². The van der Waals surface area contributed by atoms with E-state index in [1.807, 2.05) is 65.3 Å². The molecule has 2 heterocycles. The van der Waals surface area contributed by atoms with Crippen molar-refractivity contribution in [1.82, 2.24) is 20.0 Å². The van der Waals surface area contributed by atoms with E-state index in [9.17, 15) is 4.79 Å². The van der Waals surface area contributed by atoms with Crippen molar-refractivity contribution in [3.8, 4) is 22.4 Å². The van der Waals surface area contributed by atoms with E-state index in [-0.39, 0.29) is 5.91 Å². The minimum Gasteiger partial charge on any atom is -0.336 e. The highest BCUT2D eigenvalue weighted by Crippen LogP contribution is 2.31. The van der Waals surface area contributed by atoms with Crippen LogP contribution in [0, 0.1) is 0 Å². The number of hydrogen-bond donors (Lipinski definition) is 1. The maximum atomic E-state index is 13.0. The molecule has 0 radical (unpaired) electrons. The van der Waals surface area contributed by atoms with Crippen molar-refractivity contribution in [3.05, 3.63) is 66.4 Å². The van der Waals surface area contributed by atoms with Gasteiger partial charge in [0.2, 0.25) is 0 Å². The van der Waals surface area contributed by atoms with Gasteiger partial charge in [-0.15, -0.1) is 0 Å². The Morgan fingerprint density at radius 1 is 1.11 bits per heavy atom. The fourth-order valence-electron chi connectivity index (χ4n) is 3.63. The Morgan fingerprint density at radius 3 is 2.67 bits per heavy atom. The molecular weight excluding hydrogens is 336 g/mol. The number of rotatable bonds is 3. The average molecular weight is 360 g/mol. The molecule has 2 aromatic carbocycles. The third kappa shape index (κ3) is 3.64. The second-order valence-electron chi connectivity index (χ2n) is 7.12. The average Bonchev–Trinajstić information content (AvgIpc) is 3.10. The number of carbonyl (C=O) groups excluding carboxylic acids is 1. The zero-order valence-electron chi connectivity index (χ0n) is 15.7. The molecule has 0 aliphatic carbocycles. The molecule has 1 aromatic heterocycles. The molecule has 27 heavy (non-hydrogen) atoms. The van der Waals surface area contributed by atoms with Crippen LogP contribution < -0.4 is 5.32 Å². The molecule has 0 bridgehead atoms. The number of aromatic nitrogens is 2. The lowest BCUT2D eigenvalue weighted by molar-refractivity contribution is 0.0709. The first-order valence-corrected chi connectivity index (χ1v) is 9.34. The van der Waals surface area contributed by atoms with Gasteiger partial charge in [0.1, 0.15) is 5.69 Å². The molecule has 1 saturated heterocycles. The monoisotopic (exact) mass is 360 g/mol. The predicted octanol–water partition coefficient (Wildman–Crippen LogP) is 3.19. The molecule has 3 aromatic rings. The van der Waals surface area contributed by atoms with Crippen LogP contribution in [0.4, 0.5) is 0 Å². The van der Waals surface area contributed by atoms with E-state index < -0.39 is 0 Å². The first-order chi connectivity index (χ1) is 13.1. The van der Waals surface area contributed by atoms with Crippen LogP contribution in [0.25, 0.3) is 22.4 Å². The first kappa shape index (κ1) is 17.5. The minimum absolute atomic E-state index is 0.0929. The minimum atomic E-state index is 0.0929. The number of nitrogens with zero attached hydrogens (tertiary/aromatic N) is 3. The van der Waals surface area contributed by atoms with Crippen LogP contribution in [-0.4, -0.2) is 46.3 Å². The van der Waals surface area contributed by atoms with Crippen molar-refractivity contribution in [2.75, 3.05) is 19.6 Å². The molecule has 5 heteroatoms. The lowest BCUT2D eigenvalue weighted by atomic mass is 9.99. The van der Waals surface area contributed by atoms with E-state index >= 15 is 0 Å². The van der Waals surface area contributed by atoms with E-state index in [0.717, 1.165) is 47.6 Å². The quantitative estimate of drug-likeness (QED) is 0.780.